The van der Waals surface area contributed by atoms with Gasteiger partial charge in [0.05, 0.1) is 12.2 Å². The van der Waals surface area contributed by atoms with Gasteiger partial charge in [0.15, 0.2) is 0 Å². The molecule has 0 radical (unpaired) electrons. The van der Waals surface area contributed by atoms with Crippen LogP contribution in [0.4, 0.5) is 0 Å². The van der Waals surface area contributed by atoms with E-state index in [-0.39, 0.29) is 11.9 Å². The van der Waals surface area contributed by atoms with E-state index in [1.807, 2.05) is 19.9 Å². The van der Waals surface area contributed by atoms with Gasteiger partial charge in [0.25, 0.3) is 0 Å². The zero-order valence-electron chi connectivity index (χ0n) is 18.3. The fourth-order valence-corrected chi connectivity index (χ4v) is 3.72. The summed E-state index contributed by atoms with van der Waals surface area (Å²) in [6, 6.07) is 0. The van der Waals surface area contributed by atoms with Gasteiger partial charge >= 0.3 is 11.9 Å². The molecular weight excluding hydrogens is 388 g/mol. The highest BCUT2D eigenvalue weighted by molar-refractivity contribution is 5.90. The highest BCUT2D eigenvalue weighted by atomic mass is 16.7. The predicted octanol–water partition coefficient (Wildman–Crippen LogP) is 3.10. The molecule has 2 heterocycles. The Labute approximate surface area is 178 Å². The Bertz CT molecular complexity index is 721. The summed E-state index contributed by atoms with van der Waals surface area (Å²) in [7, 11) is 1.49. The van der Waals surface area contributed by atoms with E-state index < -0.39 is 24.1 Å². The zero-order valence-corrected chi connectivity index (χ0v) is 18.3. The molecule has 1 fully saturated rings. The van der Waals surface area contributed by atoms with Gasteiger partial charge < -0.3 is 24.4 Å². The molecule has 2 aliphatic rings. The number of carbonyl (C=O) groups is 2. The normalized spacial score (nSPS) is 27.0. The number of carbonyl (C=O) groups excluding carboxylic acids is 2. The second kappa shape index (κ2) is 10.9. The third kappa shape index (κ3) is 7.07. The minimum atomic E-state index is -0.806. The maximum atomic E-state index is 11.7. The van der Waals surface area contributed by atoms with E-state index in [9.17, 15) is 19.8 Å². The molecule has 30 heavy (non-hydrogen) atoms. The summed E-state index contributed by atoms with van der Waals surface area (Å²) >= 11 is 0. The van der Waals surface area contributed by atoms with Gasteiger partial charge in [-0.05, 0) is 65.4 Å². The van der Waals surface area contributed by atoms with Crippen LogP contribution in [0.25, 0.3) is 0 Å². The molecule has 2 N–H and O–H groups in total. The second-order valence-electron chi connectivity index (χ2n) is 8.42. The summed E-state index contributed by atoms with van der Waals surface area (Å²) in [6.07, 6.45) is 7.29. The van der Waals surface area contributed by atoms with E-state index in [4.69, 9.17) is 14.2 Å². The largest absolute Gasteiger partial charge is 0.457 e. The fraction of sp³-hybridized carbons (Fsp3) is 0.652. The van der Waals surface area contributed by atoms with Crippen molar-refractivity contribution in [3.05, 3.63) is 34.9 Å². The van der Waals surface area contributed by atoms with E-state index >= 15 is 0 Å². The molecule has 0 bridgehead atoms. The second-order valence-corrected chi connectivity index (χ2v) is 8.42. The minimum Gasteiger partial charge on any atom is -0.457 e. The maximum Gasteiger partial charge on any atom is 0.336 e. The maximum absolute atomic E-state index is 11.7. The van der Waals surface area contributed by atoms with Crippen LogP contribution in [0.2, 0.25) is 0 Å². The van der Waals surface area contributed by atoms with Gasteiger partial charge in [0, 0.05) is 19.1 Å². The van der Waals surface area contributed by atoms with Crippen LogP contribution in [0.1, 0.15) is 65.7 Å². The van der Waals surface area contributed by atoms with Crippen molar-refractivity contribution in [2.45, 2.75) is 89.8 Å². The van der Waals surface area contributed by atoms with Crippen molar-refractivity contribution in [2.24, 2.45) is 0 Å². The molecule has 2 aliphatic heterocycles. The van der Waals surface area contributed by atoms with Crippen LogP contribution in [0, 0.1) is 0 Å². The first-order valence-electron chi connectivity index (χ1n) is 10.5. The Balaban J connectivity index is 1.74. The predicted molar refractivity (Wildman–Crippen MR) is 111 cm³/mol. The Kier molecular flexibility index (Phi) is 8.82. The molecule has 0 aromatic rings. The Morgan fingerprint density at radius 2 is 2.07 bits per heavy atom. The standard InChI is InChI=1S/C23H34O7/c1-15(6-5-7-17-14-21(28-4)29-22(17)27)12-18(24)13-16(2)8-9-19(25)23(3)11-10-20(26)30-23/h6,13-14,18-19,21,24-25H,5,7-12H2,1-4H3/b15-6+,16-13+/t18?,19-,21?,23+/m1/s1. The van der Waals surface area contributed by atoms with E-state index in [0.29, 0.717) is 50.5 Å². The third-order valence-electron chi connectivity index (χ3n) is 5.66. The number of methoxy groups -OCH3 is 1. The number of aliphatic hydroxyl groups excluding tert-OH is 2. The lowest BCUT2D eigenvalue weighted by atomic mass is 9.91. The fourth-order valence-electron chi connectivity index (χ4n) is 3.72. The molecule has 2 unspecified atom stereocenters. The summed E-state index contributed by atoms with van der Waals surface area (Å²) in [4.78, 5) is 23.0. The first-order chi connectivity index (χ1) is 14.1. The van der Waals surface area contributed by atoms with E-state index in [1.54, 1.807) is 19.1 Å². The number of cyclic esters (lactones) is 2. The Hall–Kier alpha value is -1.96. The lowest BCUT2D eigenvalue weighted by Crippen LogP contribution is -2.39. The molecule has 0 amide bonds. The monoisotopic (exact) mass is 422 g/mol. The topological polar surface area (TPSA) is 102 Å². The lowest BCUT2D eigenvalue weighted by Gasteiger charge is -2.28. The van der Waals surface area contributed by atoms with Gasteiger partial charge in [-0.1, -0.05) is 23.3 Å². The Morgan fingerprint density at radius 1 is 1.33 bits per heavy atom. The molecule has 0 aliphatic carbocycles. The summed E-state index contributed by atoms with van der Waals surface area (Å²) in [5.41, 5.74) is 1.82. The number of esters is 2. The van der Waals surface area contributed by atoms with Gasteiger partial charge in [-0.15, -0.1) is 0 Å². The lowest BCUT2D eigenvalue weighted by molar-refractivity contribution is -0.156. The van der Waals surface area contributed by atoms with Crippen molar-refractivity contribution >= 4 is 11.9 Å². The molecular formula is C23H34O7. The van der Waals surface area contributed by atoms with Crippen molar-refractivity contribution in [2.75, 3.05) is 7.11 Å². The number of ether oxygens (including phenoxy) is 3. The quantitative estimate of drug-likeness (QED) is 0.390. The van der Waals surface area contributed by atoms with Crippen molar-refractivity contribution < 1.29 is 34.0 Å². The van der Waals surface area contributed by atoms with Gasteiger partial charge in [-0.3, -0.25) is 4.79 Å². The SMILES string of the molecule is COC1C=C(CC/C=C(\C)CC(O)/C=C(\C)CC[C@@H](O)[C@]2(C)CCC(=O)O2)C(=O)O1. The summed E-state index contributed by atoms with van der Waals surface area (Å²) in [5.74, 6) is -0.601. The van der Waals surface area contributed by atoms with Gasteiger partial charge in [-0.25, -0.2) is 4.79 Å². The summed E-state index contributed by atoms with van der Waals surface area (Å²) in [6.45, 7) is 5.63. The highest BCUT2D eigenvalue weighted by Gasteiger charge is 2.41. The summed E-state index contributed by atoms with van der Waals surface area (Å²) in [5, 5.41) is 20.7. The van der Waals surface area contributed by atoms with Crippen LogP contribution < -0.4 is 0 Å². The average molecular weight is 423 g/mol. The van der Waals surface area contributed by atoms with Crippen molar-refractivity contribution in [3.8, 4) is 0 Å². The molecule has 1 saturated heterocycles. The van der Waals surface area contributed by atoms with Crippen LogP contribution in [0.3, 0.4) is 0 Å². The number of rotatable bonds is 11. The Morgan fingerprint density at radius 3 is 2.67 bits per heavy atom. The third-order valence-corrected chi connectivity index (χ3v) is 5.66. The molecule has 4 atom stereocenters. The first-order valence-corrected chi connectivity index (χ1v) is 10.5. The van der Waals surface area contributed by atoms with Crippen LogP contribution in [0.15, 0.2) is 34.9 Å². The van der Waals surface area contributed by atoms with Crippen molar-refractivity contribution in [3.63, 3.8) is 0 Å². The first kappa shape index (κ1) is 24.3. The molecule has 168 valence electrons. The molecule has 2 rings (SSSR count). The van der Waals surface area contributed by atoms with Gasteiger partial charge in [0.1, 0.15) is 5.60 Å². The van der Waals surface area contributed by atoms with E-state index in [1.165, 1.54) is 7.11 Å². The van der Waals surface area contributed by atoms with Crippen LogP contribution >= 0.6 is 0 Å². The van der Waals surface area contributed by atoms with Gasteiger partial charge in [0.2, 0.25) is 6.29 Å². The number of allylic oxidation sites excluding steroid dienone is 2. The van der Waals surface area contributed by atoms with Crippen LogP contribution in [-0.2, 0) is 23.8 Å². The highest BCUT2D eigenvalue weighted by Crippen LogP contribution is 2.32. The van der Waals surface area contributed by atoms with Crippen LogP contribution in [-0.4, -0.2) is 53.4 Å². The molecule has 0 spiro atoms. The zero-order chi connectivity index (χ0) is 22.3. The molecule has 0 aromatic heterocycles. The number of aliphatic hydroxyl groups is 2. The van der Waals surface area contributed by atoms with E-state index in [2.05, 4.69) is 0 Å². The molecule has 0 aromatic carbocycles. The molecule has 0 saturated carbocycles. The number of hydrogen-bond donors (Lipinski definition) is 2. The average Bonchev–Trinajstić information content (AvgIpc) is 3.21. The van der Waals surface area contributed by atoms with E-state index in [0.717, 1.165) is 11.1 Å². The minimum absolute atomic E-state index is 0.263. The number of hydrogen-bond acceptors (Lipinski definition) is 7. The van der Waals surface area contributed by atoms with Crippen LogP contribution in [0.5, 0.6) is 0 Å². The molecule has 7 heteroatoms. The molecule has 7 nitrogen and oxygen atoms in total. The van der Waals surface area contributed by atoms with Gasteiger partial charge in [-0.2, -0.15) is 0 Å². The van der Waals surface area contributed by atoms with Crippen molar-refractivity contribution in [1.82, 2.24) is 0 Å². The smallest absolute Gasteiger partial charge is 0.336 e. The summed E-state index contributed by atoms with van der Waals surface area (Å²) < 4.78 is 15.3. The van der Waals surface area contributed by atoms with Crippen molar-refractivity contribution in [1.29, 1.82) is 0 Å².